The van der Waals surface area contributed by atoms with Crippen molar-refractivity contribution < 1.29 is 24.2 Å². The van der Waals surface area contributed by atoms with Crippen LogP contribution in [-0.2, 0) is 14.3 Å². The van der Waals surface area contributed by atoms with Crippen LogP contribution in [-0.4, -0.2) is 41.8 Å². The Morgan fingerprint density at radius 3 is 2.09 bits per heavy atom. The van der Waals surface area contributed by atoms with Crippen molar-refractivity contribution in [1.29, 1.82) is 0 Å². The van der Waals surface area contributed by atoms with E-state index in [0.29, 0.717) is 12.3 Å². The minimum atomic E-state index is -1.09. The zero-order chi connectivity index (χ0) is 22.7. The third kappa shape index (κ3) is 4.77. The highest BCUT2D eigenvalue weighted by atomic mass is 16.5. The van der Waals surface area contributed by atoms with E-state index in [1.54, 1.807) is 6.92 Å². The number of carbonyl (C=O) groups excluding carboxylic acids is 2. The van der Waals surface area contributed by atoms with Gasteiger partial charge < -0.3 is 20.5 Å². The molecule has 2 aliphatic carbocycles. The van der Waals surface area contributed by atoms with Crippen LogP contribution in [0.2, 0.25) is 0 Å². The van der Waals surface area contributed by atoms with Gasteiger partial charge in [0.2, 0.25) is 5.91 Å². The molecule has 2 aliphatic rings. The number of hydrogen-bond acceptors (Lipinski definition) is 4. The molecule has 0 aromatic heterocycles. The van der Waals surface area contributed by atoms with Gasteiger partial charge in [-0.1, -0.05) is 68.3 Å². The van der Waals surface area contributed by atoms with Gasteiger partial charge in [-0.25, -0.2) is 9.59 Å². The van der Waals surface area contributed by atoms with Crippen LogP contribution in [0, 0.1) is 5.92 Å². The van der Waals surface area contributed by atoms with Crippen LogP contribution in [0.4, 0.5) is 4.79 Å². The van der Waals surface area contributed by atoms with Crippen molar-refractivity contribution in [3.8, 4) is 11.1 Å². The van der Waals surface area contributed by atoms with E-state index in [9.17, 15) is 19.5 Å². The standard InChI is InChI=1S/C25H28N2O5/c1-2-21(24(29)30)26-23(28)22(13-15-11-12-15)27-25(31)32-14-20-18-9-5-3-7-16(18)17-8-4-6-10-19(17)20/h3-10,15,20-22H,2,11-14H2,1H3,(H,26,28)(H,27,31)(H,29,30). The lowest BCUT2D eigenvalue weighted by Crippen LogP contribution is -2.51. The first-order chi connectivity index (χ1) is 15.5. The summed E-state index contributed by atoms with van der Waals surface area (Å²) in [7, 11) is 0. The summed E-state index contributed by atoms with van der Waals surface area (Å²) in [5, 5.41) is 14.4. The number of nitrogens with one attached hydrogen (secondary N) is 2. The number of carbonyl (C=O) groups is 3. The topological polar surface area (TPSA) is 105 Å². The molecule has 0 bridgehead atoms. The van der Waals surface area contributed by atoms with E-state index in [4.69, 9.17) is 4.74 Å². The number of hydrogen-bond donors (Lipinski definition) is 3. The number of carboxylic acid groups (broad SMARTS) is 1. The van der Waals surface area contributed by atoms with Gasteiger partial charge in [0.15, 0.2) is 0 Å². The largest absolute Gasteiger partial charge is 0.480 e. The number of fused-ring (bicyclic) bond motifs is 3. The van der Waals surface area contributed by atoms with Crippen LogP contribution in [0.1, 0.15) is 49.7 Å². The molecular formula is C25H28N2O5. The molecule has 4 rings (SSSR count). The average Bonchev–Trinajstić information content (AvgIpc) is 3.55. The molecule has 3 N–H and O–H groups in total. The molecule has 0 heterocycles. The molecule has 0 radical (unpaired) electrons. The SMILES string of the molecule is CCC(NC(=O)C(CC1CC1)NC(=O)OCC1c2ccccc2-c2ccccc21)C(=O)O. The average molecular weight is 437 g/mol. The van der Waals surface area contributed by atoms with Crippen LogP contribution in [0.5, 0.6) is 0 Å². The van der Waals surface area contributed by atoms with Crippen molar-refractivity contribution in [3.63, 3.8) is 0 Å². The van der Waals surface area contributed by atoms with Crippen molar-refractivity contribution in [2.75, 3.05) is 6.61 Å². The summed E-state index contributed by atoms with van der Waals surface area (Å²) in [5.41, 5.74) is 4.51. The van der Waals surface area contributed by atoms with Gasteiger partial charge in [-0.15, -0.1) is 0 Å². The van der Waals surface area contributed by atoms with Gasteiger partial charge in [-0.3, -0.25) is 4.79 Å². The molecule has 7 nitrogen and oxygen atoms in total. The first kappa shape index (κ1) is 21.9. The number of amides is 2. The van der Waals surface area contributed by atoms with Gasteiger partial charge in [0, 0.05) is 5.92 Å². The Balaban J connectivity index is 1.40. The predicted molar refractivity (Wildman–Crippen MR) is 119 cm³/mol. The first-order valence-electron chi connectivity index (χ1n) is 11.1. The molecule has 0 spiro atoms. The number of aliphatic carboxylic acids is 1. The maximum Gasteiger partial charge on any atom is 0.407 e. The molecule has 1 saturated carbocycles. The van der Waals surface area contributed by atoms with Crippen molar-refractivity contribution in [1.82, 2.24) is 10.6 Å². The Bertz CT molecular complexity index is 971. The van der Waals surface area contributed by atoms with E-state index < -0.39 is 30.1 Å². The molecule has 7 heteroatoms. The van der Waals surface area contributed by atoms with Crippen molar-refractivity contribution in [2.24, 2.45) is 5.92 Å². The van der Waals surface area contributed by atoms with Crippen LogP contribution in [0.25, 0.3) is 11.1 Å². The highest BCUT2D eigenvalue weighted by molar-refractivity contribution is 5.89. The van der Waals surface area contributed by atoms with Gasteiger partial charge in [-0.05, 0) is 41.0 Å². The summed E-state index contributed by atoms with van der Waals surface area (Å²) >= 11 is 0. The lowest BCUT2D eigenvalue weighted by atomic mass is 9.98. The van der Waals surface area contributed by atoms with E-state index in [1.165, 1.54) is 0 Å². The lowest BCUT2D eigenvalue weighted by Gasteiger charge is -2.21. The number of rotatable bonds is 9. The molecule has 1 fully saturated rings. The zero-order valence-corrected chi connectivity index (χ0v) is 18.0. The lowest BCUT2D eigenvalue weighted by molar-refractivity contribution is -0.142. The molecule has 0 saturated heterocycles. The molecular weight excluding hydrogens is 408 g/mol. The van der Waals surface area contributed by atoms with Gasteiger partial charge >= 0.3 is 12.1 Å². The Morgan fingerprint density at radius 2 is 1.56 bits per heavy atom. The Morgan fingerprint density at radius 1 is 0.969 bits per heavy atom. The Kier molecular flexibility index (Phi) is 6.44. The molecule has 2 unspecified atom stereocenters. The summed E-state index contributed by atoms with van der Waals surface area (Å²) in [6.07, 6.45) is 2.09. The maximum atomic E-state index is 12.7. The van der Waals surface area contributed by atoms with Gasteiger partial charge in [0.1, 0.15) is 18.7 Å². The van der Waals surface area contributed by atoms with Crippen LogP contribution in [0.3, 0.4) is 0 Å². The van der Waals surface area contributed by atoms with Gasteiger partial charge in [-0.2, -0.15) is 0 Å². The second-order valence-corrected chi connectivity index (χ2v) is 8.51. The summed E-state index contributed by atoms with van der Waals surface area (Å²) in [5.74, 6) is -1.28. The molecule has 2 aromatic rings. The zero-order valence-electron chi connectivity index (χ0n) is 18.0. The van der Waals surface area contributed by atoms with Crippen LogP contribution >= 0.6 is 0 Å². The summed E-state index contributed by atoms with van der Waals surface area (Å²) in [6.45, 7) is 1.85. The smallest absolute Gasteiger partial charge is 0.407 e. The minimum Gasteiger partial charge on any atom is -0.480 e. The third-order valence-corrected chi connectivity index (χ3v) is 6.24. The van der Waals surface area contributed by atoms with Crippen molar-refractivity contribution >= 4 is 18.0 Å². The molecule has 32 heavy (non-hydrogen) atoms. The van der Waals surface area contributed by atoms with Crippen molar-refractivity contribution in [3.05, 3.63) is 59.7 Å². The quantitative estimate of drug-likeness (QED) is 0.556. The Hall–Kier alpha value is -3.35. The predicted octanol–water partition coefficient (Wildman–Crippen LogP) is 3.67. The van der Waals surface area contributed by atoms with E-state index in [0.717, 1.165) is 35.1 Å². The summed E-state index contributed by atoms with van der Waals surface area (Å²) in [4.78, 5) is 36.5. The van der Waals surface area contributed by atoms with Gasteiger partial charge in [0.05, 0.1) is 0 Å². The molecule has 0 aliphatic heterocycles. The normalized spacial score (nSPS) is 16.4. The number of benzene rings is 2. The van der Waals surface area contributed by atoms with E-state index >= 15 is 0 Å². The van der Waals surface area contributed by atoms with Crippen LogP contribution < -0.4 is 10.6 Å². The van der Waals surface area contributed by atoms with Crippen molar-refractivity contribution in [2.45, 2.75) is 50.6 Å². The first-order valence-corrected chi connectivity index (χ1v) is 11.1. The molecule has 2 amide bonds. The van der Waals surface area contributed by atoms with Gasteiger partial charge in [0.25, 0.3) is 0 Å². The fraction of sp³-hybridized carbons (Fsp3) is 0.400. The fourth-order valence-corrected chi connectivity index (χ4v) is 4.31. The van der Waals surface area contributed by atoms with E-state index in [-0.39, 0.29) is 18.9 Å². The number of alkyl carbamates (subject to hydrolysis) is 1. The molecule has 2 aromatic carbocycles. The second-order valence-electron chi connectivity index (χ2n) is 8.51. The molecule has 168 valence electrons. The highest BCUT2D eigenvalue weighted by Gasteiger charge is 2.33. The summed E-state index contributed by atoms with van der Waals surface area (Å²) < 4.78 is 5.55. The monoisotopic (exact) mass is 436 g/mol. The third-order valence-electron chi connectivity index (χ3n) is 6.24. The maximum absolute atomic E-state index is 12.7. The second kappa shape index (κ2) is 9.42. The van der Waals surface area contributed by atoms with Crippen LogP contribution in [0.15, 0.2) is 48.5 Å². The molecule has 2 atom stereocenters. The summed E-state index contributed by atoms with van der Waals surface area (Å²) in [6, 6.07) is 14.4. The van der Waals surface area contributed by atoms with E-state index in [1.807, 2.05) is 36.4 Å². The Labute approximate surface area is 187 Å². The number of carboxylic acids is 1. The minimum absolute atomic E-state index is 0.0691. The fourth-order valence-electron chi connectivity index (χ4n) is 4.31. The highest BCUT2D eigenvalue weighted by Crippen LogP contribution is 2.44. The number of ether oxygens (including phenoxy) is 1. The van der Waals surface area contributed by atoms with E-state index in [2.05, 4.69) is 22.8 Å².